The lowest BCUT2D eigenvalue weighted by Crippen LogP contribution is -2.39. The van der Waals surface area contributed by atoms with Crippen molar-refractivity contribution in [2.75, 3.05) is 18.0 Å². The van der Waals surface area contributed by atoms with Gasteiger partial charge in [0.25, 0.3) is 5.92 Å². The molecule has 0 bridgehead atoms. The van der Waals surface area contributed by atoms with E-state index in [1.54, 1.807) is 0 Å². The molecule has 0 radical (unpaired) electrons. The van der Waals surface area contributed by atoms with Crippen LogP contribution in [-0.4, -0.2) is 19.0 Å². The zero-order valence-corrected chi connectivity index (χ0v) is 9.83. The van der Waals surface area contributed by atoms with Gasteiger partial charge in [0.15, 0.2) is 0 Å². The summed E-state index contributed by atoms with van der Waals surface area (Å²) in [7, 11) is 0. The lowest BCUT2D eigenvalue weighted by atomic mass is 10.0. The number of benzene rings is 1. The highest BCUT2D eigenvalue weighted by Crippen LogP contribution is 2.40. The Kier molecular flexibility index (Phi) is 2.57. The fourth-order valence-electron chi connectivity index (χ4n) is 2.47. The highest BCUT2D eigenvalue weighted by Gasteiger charge is 2.34. The molecule has 0 N–H and O–H groups in total. The van der Waals surface area contributed by atoms with Crippen molar-refractivity contribution in [3.63, 3.8) is 0 Å². The maximum absolute atomic E-state index is 13.0. The number of hydrogen-bond acceptors (Lipinski definition) is 1. The van der Waals surface area contributed by atoms with Gasteiger partial charge in [-0.3, -0.25) is 0 Å². The Hall–Kier alpha value is -1.12. The van der Waals surface area contributed by atoms with Crippen LogP contribution in [0.5, 0.6) is 0 Å². The monoisotopic (exact) mass is 237 g/mol. The molecule has 3 heteroatoms. The molecule has 1 aliphatic heterocycles. The number of alkyl halides is 2. The standard InChI is InChI=1S/C14H17F2N/c15-14(16)7-9-17(10-8-14)13-5-3-12(4-6-13)11-1-2-11/h3-6,11H,1-2,7-10H2. The Bertz CT molecular complexity index is 385. The minimum absolute atomic E-state index is 0.0165. The third-order valence-corrected chi connectivity index (χ3v) is 3.80. The largest absolute Gasteiger partial charge is 0.371 e. The van der Waals surface area contributed by atoms with E-state index >= 15 is 0 Å². The van der Waals surface area contributed by atoms with Gasteiger partial charge in [-0.2, -0.15) is 0 Å². The minimum atomic E-state index is -2.45. The van der Waals surface area contributed by atoms with E-state index in [1.165, 1.54) is 18.4 Å². The SMILES string of the molecule is FC1(F)CCN(c2ccc(C3CC3)cc2)CC1. The number of rotatable bonds is 2. The number of piperidine rings is 1. The minimum Gasteiger partial charge on any atom is -0.371 e. The Morgan fingerprint density at radius 3 is 2.12 bits per heavy atom. The maximum atomic E-state index is 13.0. The van der Waals surface area contributed by atoms with Crippen LogP contribution in [0.25, 0.3) is 0 Å². The summed E-state index contributed by atoms with van der Waals surface area (Å²) in [6.07, 6.45) is 2.57. The van der Waals surface area contributed by atoms with E-state index in [9.17, 15) is 8.78 Å². The van der Waals surface area contributed by atoms with Crippen molar-refractivity contribution in [2.45, 2.75) is 37.5 Å². The topological polar surface area (TPSA) is 3.24 Å². The Morgan fingerprint density at radius 2 is 1.59 bits per heavy atom. The molecule has 2 aliphatic rings. The maximum Gasteiger partial charge on any atom is 0.251 e. The molecule has 1 aromatic carbocycles. The summed E-state index contributed by atoms with van der Waals surface area (Å²) >= 11 is 0. The average Bonchev–Trinajstić information content (AvgIpc) is 3.13. The fraction of sp³-hybridized carbons (Fsp3) is 0.571. The van der Waals surface area contributed by atoms with Gasteiger partial charge in [-0.05, 0) is 36.5 Å². The molecule has 1 heterocycles. The van der Waals surface area contributed by atoms with Crippen molar-refractivity contribution in [3.8, 4) is 0 Å². The highest BCUT2D eigenvalue weighted by molar-refractivity contribution is 5.49. The van der Waals surface area contributed by atoms with E-state index in [0.29, 0.717) is 13.1 Å². The van der Waals surface area contributed by atoms with Crippen molar-refractivity contribution < 1.29 is 8.78 Å². The van der Waals surface area contributed by atoms with Gasteiger partial charge in [0.2, 0.25) is 0 Å². The summed E-state index contributed by atoms with van der Waals surface area (Å²) in [6, 6.07) is 8.47. The predicted octanol–water partition coefficient (Wildman–Crippen LogP) is 3.80. The second-order valence-corrected chi connectivity index (χ2v) is 5.21. The molecule has 0 spiro atoms. The van der Waals surface area contributed by atoms with E-state index in [-0.39, 0.29) is 12.8 Å². The zero-order valence-electron chi connectivity index (χ0n) is 9.83. The molecule has 1 aliphatic carbocycles. The van der Waals surface area contributed by atoms with Gasteiger partial charge >= 0.3 is 0 Å². The highest BCUT2D eigenvalue weighted by atomic mass is 19.3. The van der Waals surface area contributed by atoms with Crippen molar-refractivity contribution in [3.05, 3.63) is 29.8 Å². The quantitative estimate of drug-likeness (QED) is 0.756. The normalized spacial score (nSPS) is 23.8. The second-order valence-electron chi connectivity index (χ2n) is 5.21. The van der Waals surface area contributed by atoms with Gasteiger partial charge in [-0.25, -0.2) is 8.78 Å². The second kappa shape index (κ2) is 3.97. The molecule has 1 nitrogen and oxygen atoms in total. The van der Waals surface area contributed by atoms with Gasteiger partial charge in [-0.1, -0.05) is 12.1 Å². The van der Waals surface area contributed by atoms with Crippen LogP contribution >= 0.6 is 0 Å². The van der Waals surface area contributed by atoms with Crippen LogP contribution in [0.2, 0.25) is 0 Å². The first-order valence-corrected chi connectivity index (χ1v) is 6.37. The fourth-order valence-corrected chi connectivity index (χ4v) is 2.47. The lowest BCUT2D eigenvalue weighted by molar-refractivity contribution is -0.0220. The summed E-state index contributed by atoms with van der Waals surface area (Å²) in [5, 5.41) is 0. The van der Waals surface area contributed by atoms with Crippen LogP contribution in [0.1, 0.15) is 37.2 Å². The van der Waals surface area contributed by atoms with Crippen LogP contribution in [0.3, 0.4) is 0 Å². The average molecular weight is 237 g/mol. The molecular weight excluding hydrogens is 220 g/mol. The molecule has 1 saturated heterocycles. The Labute approximate surface area is 100 Å². The van der Waals surface area contributed by atoms with Gasteiger partial charge in [0.1, 0.15) is 0 Å². The number of halogens is 2. The number of hydrogen-bond donors (Lipinski definition) is 0. The van der Waals surface area contributed by atoms with Gasteiger partial charge in [-0.15, -0.1) is 0 Å². The van der Waals surface area contributed by atoms with E-state index < -0.39 is 5.92 Å². The zero-order chi connectivity index (χ0) is 11.9. The van der Waals surface area contributed by atoms with Crippen molar-refractivity contribution in [1.82, 2.24) is 0 Å². The molecule has 17 heavy (non-hydrogen) atoms. The van der Waals surface area contributed by atoms with Crippen molar-refractivity contribution in [2.24, 2.45) is 0 Å². The molecule has 92 valence electrons. The first kappa shape index (κ1) is 11.0. The van der Waals surface area contributed by atoms with Crippen LogP contribution in [0, 0.1) is 0 Å². The Morgan fingerprint density at radius 1 is 1.00 bits per heavy atom. The molecule has 0 atom stereocenters. The molecule has 1 aromatic rings. The summed E-state index contributed by atoms with van der Waals surface area (Å²) in [5.41, 5.74) is 2.49. The third kappa shape index (κ3) is 2.43. The summed E-state index contributed by atoms with van der Waals surface area (Å²) in [5.74, 6) is -1.69. The molecular formula is C14H17F2N. The molecule has 1 saturated carbocycles. The van der Waals surface area contributed by atoms with Gasteiger partial charge in [0.05, 0.1) is 0 Å². The first-order valence-electron chi connectivity index (χ1n) is 6.37. The summed E-state index contributed by atoms with van der Waals surface area (Å²) in [4.78, 5) is 2.06. The van der Waals surface area contributed by atoms with Gasteiger partial charge < -0.3 is 4.90 Å². The van der Waals surface area contributed by atoms with E-state index in [2.05, 4.69) is 29.2 Å². The van der Waals surface area contributed by atoms with Gasteiger partial charge in [0, 0.05) is 31.6 Å². The van der Waals surface area contributed by atoms with Crippen molar-refractivity contribution >= 4 is 5.69 Å². The molecule has 0 unspecified atom stereocenters. The molecule has 2 fully saturated rings. The van der Waals surface area contributed by atoms with Crippen LogP contribution < -0.4 is 4.90 Å². The first-order chi connectivity index (χ1) is 8.14. The number of anilines is 1. The van der Waals surface area contributed by atoms with Crippen LogP contribution in [0.4, 0.5) is 14.5 Å². The molecule has 0 amide bonds. The van der Waals surface area contributed by atoms with Crippen LogP contribution in [-0.2, 0) is 0 Å². The smallest absolute Gasteiger partial charge is 0.251 e. The van der Waals surface area contributed by atoms with E-state index in [1.807, 2.05) is 0 Å². The summed E-state index contributed by atoms with van der Waals surface area (Å²) in [6.45, 7) is 0.936. The predicted molar refractivity (Wildman–Crippen MR) is 64.8 cm³/mol. The van der Waals surface area contributed by atoms with Crippen molar-refractivity contribution in [1.29, 1.82) is 0 Å². The number of nitrogens with zero attached hydrogens (tertiary/aromatic N) is 1. The summed E-state index contributed by atoms with van der Waals surface area (Å²) < 4.78 is 26.1. The lowest BCUT2D eigenvalue weighted by Gasteiger charge is -2.33. The Balaban J connectivity index is 1.68. The third-order valence-electron chi connectivity index (χ3n) is 3.80. The van der Waals surface area contributed by atoms with E-state index in [4.69, 9.17) is 0 Å². The van der Waals surface area contributed by atoms with Crippen LogP contribution in [0.15, 0.2) is 24.3 Å². The molecule has 0 aromatic heterocycles. The van der Waals surface area contributed by atoms with E-state index in [0.717, 1.165) is 11.6 Å². The molecule has 3 rings (SSSR count).